The molecule has 0 radical (unpaired) electrons. The van der Waals surface area contributed by atoms with Gasteiger partial charge in [0, 0.05) is 0 Å². The Bertz CT molecular complexity index is 742. The van der Waals surface area contributed by atoms with Crippen molar-refractivity contribution in [3.8, 4) is 11.5 Å². The zero-order chi connectivity index (χ0) is 19.1. The van der Waals surface area contributed by atoms with E-state index in [0.717, 1.165) is 12.0 Å². The van der Waals surface area contributed by atoms with Crippen LogP contribution in [0.4, 0.5) is 0 Å². The third-order valence-electron chi connectivity index (χ3n) is 4.66. The van der Waals surface area contributed by atoms with Crippen LogP contribution in [0.25, 0.3) is 0 Å². The van der Waals surface area contributed by atoms with Crippen molar-refractivity contribution in [3.05, 3.63) is 59.2 Å². The molecule has 0 saturated heterocycles. The van der Waals surface area contributed by atoms with Crippen molar-refractivity contribution in [2.45, 2.75) is 52.7 Å². The number of rotatable bonds is 8. The van der Waals surface area contributed by atoms with Crippen LogP contribution in [0.1, 0.15) is 49.4 Å². The molecule has 0 fully saturated rings. The molecule has 1 N–H and O–H groups in total. The van der Waals surface area contributed by atoms with Gasteiger partial charge in [-0.1, -0.05) is 44.2 Å². The van der Waals surface area contributed by atoms with E-state index in [1.807, 2.05) is 31.2 Å². The normalized spacial score (nSPS) is 13.0. The van der Waals surface area contributed by atoms with Crippen LogP contribution in [0.5, 0.6) is 11.5 Å². The molecule has 0 heterocycles. The van der Waals surface area contributed by atoms with Crippen molar-refractivity contribution < 1.29 is 14.3 Å². The first-order valence-corrected chi connectivity index (χ1v) is 9.17. The van der Waals surface area contributed by atoms with Crippen LogP contribution in [0.2, 0.25) is 0 Å². The predicted molar refractivity (Wildman–Crippen MR) is 105 cm³/mol. The highest BCUT2D eigenvalue weighted by molar-refractivity contribution is 5.81. The third kappa shape index (κ3) is 4.78. The Balaban J connectivity index is 2.12. The highest BCUT2D eigenvalue weighted by Gasteiger charge is 2.23. The van der Waals surface area contributed by atoms with Crippen molar-refractivity contribution in [2.24, 2.45) is 0 Å². The van der Waals surface area contributed by atoms with Crippen molar-refractivity contribution in [1.29, 1.82) is 0 Å². The van der Waals surface area contributed by atoms with E-state index in [1.54, 1.807) is 7.11 Å². The fourth-order valence-electron chi connectivity index (χ4n) is 2.86. The van der Waals surface area contributed by atoms with E-state index in [4.69, 9.17) is 9.47 Å². The van der Waals surface area contributed by atoms with Crippen LogP contribution in [-0.2, 0) is 4.79 Å². The lowest BCUT2D eigenvalue weighted by molar-refractivity contribution is -0.129. The van der Waals surface area contributed by atoms with Gasteiger partial charge in [0.25, 0.3) is 5.91 Å². The lowest BCUT2D eigenvalue weighted by Gasteiger charge is -2.23. The summed E-state index contributed by atoms with van der Waals surface area (Å²) in [5, 5.41) is 3.13. The Morgan fingerprint density at radius 2 is 1.69 bits per heavy atom. The first kappa shape index (κ1) is 19.8. The molecule has 26 heavy (non-hydrogen) atoms. The molecule has 0 aliphatic rings. The summed E-state index contributed by atoms with van der Waals surface area (Å²) in [6, 6.07) is 13.7. The van der Waals surface area contributed by atoms with E-state index in [9.17, 15) is 4.79 Å². The van der Waals surface area contributed by atoms with Gasteiger partial charge in [-0.15, -0.1) is 0 Å². The largest absolute Gasteiger partial charge is 0.493 e. The van der Waals surface area contributed by atoms with Gasteiger partial charge < -0.3 is 14.8 Å². The number of hydrogen-bond donors (Lipinski definition) is 1. The molecule has 0 spiro atoms. The summed E-state index contributed by atoms with van der Waals surface area (Å²) in [7, 11) is 1.59. The zero-order valence-corrected chi connectivity index (χ0v) is 16.3. The molecule has 2 aromatic rings. The molecule has 4 heteroatoms. The first-order chi connectivity index (χ1) is 12.5. The molecular formula is C22H29NO3. The van der Waals surface area contributed by atoms with E-state index in [1.165, 1.54) is 11.1 Å². The van der Waals surface area contributed by atoms with Gasteiger partial charge in [-0.05, 0) is 55.5 Å². The van der Waals surface area contributed by atoms with Gasteiger partial charge in [0.2, 0.25) is 0 Å². The van der Waals surface area contributed by atoms with Crippen molar-refractivity contribution in [2.75, 3.05) is 7.11 Å². The van der Waals surface area contributed by atoms with Gasteiger partial charge in [0.1, 0.15) is 0 Å². The maximum absolute atomic E-state index is 12.8. The minimum atomic E-state index is -0.563. The highest BCUT2D eigenvalue weighted by Crippen LogP contribution is 2.28. The van der Waals surface area contributed by atoms with Crippen molar-refractivity contribution in [3.63, 3.8) is 0 Å². The van der Waals surface area contributed by atoms with Crippen LogP contribution < -0.4 is 14.8 Å². The maximum Gasteiger partial charge on any atom is 0.261 e. The minimum absolute atomic E-state index is 0.0304. The molecule has 2 atom stereocenters. The summed E-state index contributed by atoms with van der Waals surface area (Å²) >= 11 is 0. The van der Waals surface area contributed by atoms with E-state index in [0.29, 0.717) is 17.9 Å². The average molecular weight is 355 g/mol. The van der Waals surface area contributed by atoms with Gasteiger partial charge in [-0.25, -0.2) is 0 Å². The number of nitrogens with one attached hydrogen (secondary N) is 1. The van der Waals surface area contributed by atoms with Gasteiger partial charge in [0.15, 0.2) is 17.6 Å². The zero-order valence-electron chi connectivity index (χ0n) is 16.3. The fraction of sp³-hybridized carbons (Fsp3) is 0.409. The first-order valence-electron chi connectivity index (χ1n) is 9.17. The van der Waals surface area contributed by atoms with Gasteiger partial charge in [-0.3, -0.25) is 4.79 Å². The topological polar surface area (TPSA) is 47.6 Å². The second kappa shape index (κ2) is 9.27. The van der Waals surface area contributed by atoms with E-state index in [-0.39, 0.29) is 11.9 Å². The Morgan fingerprint density at radius 1 is 1.00 bits per heavy atom. The number of ether oxygens (including phenoxy) is 2. The molecule has 4 nitrogen and oxygen atoms in total. The summed E-state index contributed by atoms with van der Waals surface area (Å²) in [4.78, 5) is 12.8. The molecule has 2 rings (SSSR count). The number of amides is 1. The quantitative estimate of drug-likeness (QED) is 0.744. The predicted octanol–water partition coefficient (Wildman–Crippen LogP) is 4.74. The fourth-order valence-corrected chi connectivity index (χ4v) is 2.86. The summed E-state index contributed by atoms with van der Waals surface area (Å²) in [5.74, 6) is 1.10. The molecule has 0 aliphatic heterocycles. The summed E-state index contributed by atoms with van der Waals surface area (Å²) in [5.41, 5.74) is 3.60. The van der Waals surface area contributed by atoms with Crippen LogP contribution in [0, 0.1) is 13.8 Å². The molecule has 0 aliphatic carbocycles. The molecule has 1 amide bonds. The Morgan fingerprint density at radius 3 is 2.27 bits per heavy atom. The SMILES string of the molecule is CCC(Oc1ccccc1OC)C(=O)NC(CC)c1ccc(C)c(C)c1. The van der Waals surface area contributed by atoms with E-state index >= 15 is 0 Å². The second-order valence-electron chi connectivity index (χ2n) is 6.48. The molecule has 0 saturated carbocycles. The molecule has 0 bridgehead atoms. The summed E-state index contributed by atoms with van der Waals surface area (Å²) < 4.78 is 11.2. The van der Waals surface area contributed by atoms with Gasteiger partial charge in [-0.2, -0.15) is 0 Å². The number of benzene rings is 2. The summed E-state index contributed by atoms with van der Waals surface area (Å²) in [6.45, 7) is 8.19. The number of carbonyl (C=O) groups is 1. The number of carbonyl (C=O) groups excluding carboxylic acids is 1. The minimum Gasteiger partial charge on any atom is -0.493 e. The average Bonchev–Trinajstić information content (AvgIpc) is 2.66. The highest BCUT2D eigenvalue weighted by atomic mass is 16.5. The third-order valence-corrected chi connectivity index (χ3v) is 4.66. The van der Waals surface area contributed by atoms with Crippen LogP contribution in [0.15, 0.2) is 42.5 Å². The molecule has 2 aromatic carbocycles. The summed E-state index contributed by atoms with van der Waals surface area (Å²) in [6.07, 6.45) is 0.832. The Kier molecular flexibility index (Phi) is 7.07. The smallest absolute Gasteiger partial charge is 0.261 e. The van der Waals surface area contributed by atoms with Crippen LogP contribution in [0.3, 0.4) is 0 Å². The number of aryl methyl sites for hydroxylation is 2. The Hall–Kier alpha value is -2.49. The lowest BCUT2D eigenvalue weighted by Crippen LogP contribution is -2.40. The second-order valence-corrected chi connectivity index (χ2v) is 6.48. The number of methoxy groups -OCH3 is 1. The number of para-hydroxylation sites is 2. The monoisotopic (exact) mass is 355 g/mol. The molecule has 2 unspecified atom stereocenters. The van der Waals surface area contributed by atoms with Crippen molar-refractivity contribution >= 4 is 5.91 Å². The van der Waals surface area contributed by atoms with Crippen molar-refractivity contribution in [1.82, 2.24) is 5.32 Å². The van der Waals surface area contributed by atoms with Crippen LogP contribution >= 0.6 is 0 Å². The van der Waals surface area contributed by atoms with E-state index < -0.39 is 6.10 Å². The van der Waals surface area contributed by atoms with E-state index in [2.05, 4.69) is 44.3 Å². The standard InChI is InChI=1S/C22H29NO3/c1-6-18(17-13-12-15(3)16(4)14-17)23-22(24)19(7-2)26-21-11-9-8-10-20(21)25-5/h8-14,18-19H,6-7H2,1-5H3,(H,23,24). The number of hydrogen-bond acceptors (Lipinski definition) is 3. The molecule has 140 valence electrons. The van der Waals surface area contributed by atoms with Crippen LogP contribution in [-0.4, -0.2) is 19.1 Å². The van der Waals surface area contributed by atoms with Gasteiger partial charge in [0.05, 0.1) is 13.2 Å². The lowest BCUT2D eigenvalue weighted by atomic mass is 9.99. The Labute approximate surface area is 156 Å². The molecule has 0 aromatic heterocycles. The molecular weight excluding hydrogens is 326 g/mol. The van der Waals surface area contributed by atoms with Gasteiger partial charge >= 0.3 is 0 Å². The maximum atomic E-state index is 12.8.